The lowest BCUT2D eigenvalue weighted by molar-refractivity contribution is -0.0447. The Morgan fingerprint density at radius 1 is 0.330 bits per heavy atom. The van der Waals surface area contributed by atoms with Crippen LogP contribution < -0.4 is 24.5 Å². The molecule has 9 unspecified atom stereocenters. The van der Waals surface area contributed by atoms with Gasteiger partial charge in [0, 0.05) is 119 Å². The molecule has 6 saturated heterocycles. The molecule has 11 aromatic carbocycles. The molecule has 548 valence electrons. The molecule has 109 heavy (non-hydrogen) atoms. The van der Waals surface area contributed by atoms with Crippen LogP contribution in [0, 0.1) is 33.1 Å². The van der Waals surface area contributed by atoms with Crippen LogP contribution in [0.4, 0.5) is 28.4 Å². The zero-order valence-corrected chi connectivity index (χ0v) is 65.1. The van der Waals surface area contributed by atoms with Crippen LogP contribution in [-0.2, 0) is 16.5 Å². The molecule has 9 fully saturated rings. The first-order valence-corrected chi connectivity index (χ1v) is 40.7. The second-order valence-electron chi connectivity index (χ2n) is 35.1. The number of piperidine rings is 5. The first kappa shape index (κ1) is 66.8. The van der Waals surface area contributed by atoms with Gasteiger partial charge in [0.2, 0.25) is 0 Å². The number of hydrogen-bond acceptors (Lipinski definition) is 9. The number of aryl methyl sites for hydroxylation is 4. The van der Waals surface area contributed by atoms with Crippen molar-refractivity contribution in [3.63, 3.8) is 0 Å². The fourth-order valence-corrected chi connectivity index (χ4v) is 23.8. The van der Waals surface area contributed by atoms with Crippen LogP contribution >= 0.6 is 0 Å². The van der Waals surface area contributed by atoms with Crippen LogP contribution in [0.1, 0.15) is 181 Å². The minimum atomic E-state index is 0.00271. The third-order valence-electron chi connectivity index (χ3n) is 29.8. The van der Waals surface area contributed by atoms with Crippen molar-refractivity contribution in [2.24, 2.45) is 5.41 Å². The Bertz CT molecular complexity index is 6200. The van der Waals surface area contributed by atoms with Gasteiger partial charge in [-0.15, -0.1) is 0 Å². The average Bonchev–Trinajstić information content (AvgIpc) is 0.962. The van der Waals surface area contributed by atoms with Gasteiger partial charge in [-0.25, -0.2) is 0 Å². The molecule has 0 spiro atoms. The smallest absolute Gasteiger partial charge is 0.135 e. The van der Waals surface area contributed by atoms with E-state index >= 15 is 0 Å². The molecule has 30 rings (SSSR count). The van der Waals surface area contributed by atoms with Gasteiger partial charge in [-0.3, -0.25) is 0 Å². The van der Waals surface area contributed by atoms with E-state index in [1.807, 2.05) is 18.2 Å². The van der Waals surface area contributed by atoms with Crippen molar-refractivity contribution in [3.05, 3.63) is 268 Å². The Morgan fingerprint density at radius 3 is 1.26 bits per heavy atom. The minimum absolute atomic E-state index is 0.00271. The first-order valence-electron chi connectivity index (χ1n) is 40.7. The van der Waals surface area contributed by atoms with Crippen molar-refractivity contribution in [2.75, 3.05) is 31.0 Å². The normalized spacial score (nSPS) is 27.2. The molecule has 4 aromatic heterocycles. The third kappa shape index (κ3) is 9.56. The van der Waals surface area contributed by atoms with E-state index in [-0.39, 0.29) is 16.5 Å². The van der Waals surface area contributed by atoms with E-state index < -0.39 is 0 Å². The summed E-state index contributed by atoms with van der Waals surface area (Å²) in [6.07, 6.45) is 14.9. The number of rotatable bonds is 4. The SMILES string of the molecule is Cc1cc2oc3ccccc3c2cc1N1C(C)C2(C)CCC1(C)c1ccccc12.Cc1cc2oc3ccccc3c2cc1N1C(C)C23CCC1(CC2)CC3.Cc1cc2oc3ccccc3c2cc1N1C(C)N2CCC1(C)c1ccccc12.Cc1cc2oc3ccccc3c2cc1N1C2CCC(c3ccccc32)C1C. The van der Waals surface area contributed by atoms with Gasteiger partial charge >= 0.3 is 0 Å². The number of hydrogen-bond donors (Lipinski definition) is 0. The molecular weight excluding hydrogens is 1340 g/mol. The zero-order valence-electron chi connectivity index (χ0n) is 65.1. The highest BCUT2D eigenvalue weighted by molar-refractivity contribution is 6.10. The van der Waals surface area contributed by atoms with E-state index in [4.69, 9.17) is 17.7 Å². The van der Waals surface area contributed by atoms with Crippen molar-refractivity contribution < 1.29 is 17.7 Å². The van der Waals surface area contributed by atoms with Gasteiger partial charge in [0.25, 0.3) is 0 Å². The molecule has 9 heteroatoms. The lowest BCUT2D eigenvalue weighted by Gasteiger charge is -2.70. The lowest BCUT2D eigenvalue weighted by atomic mass is 9.49. The number of para-hydroxylation sites is 5. The van der Waals surface area contributed by atoms with Crippen molar-refractivity contribution in [1.29, 1.82) is 0 Å². The van der Waals surface area contributed by atoms with E-state index in [0.717, 1.165) is 57.6 Å². The summed E-state index contributed by atoms with van der Waals surface area (Å²) >= 11 is 0. The van der Waals surface area contributed by atoms with Gasteiger partial charge in [-0.1, -0.05) is 146 Å². The molecule has 5 aliphatic carbocycles. The molecule has 9 atom stereocenters. The standard InChI is InChI=1S/C27H27NO.C25H24N2O.C25H23NO.C23H25NO/c1-17-15-25-20(19-9-5-8-12-24(19)29-25)16-23(17)28-18(2)26(3)13-14-27(28,4)22-11-7-6-10-21(22)26;1-16-14-24-19(18-8-4-7-11-23(18)28-24)15-22(16)27-17(2)26-13-12-25(27,3)20-9-5-6-10-21(20)26;1-15-13-25-21(20-9-5-6-10-24(20)27-25)14-23(15)26-16(2)17-11-12-22(26)19-8-4-3-7-18(17)19;1-15-13-21-18(17-5-3-4-6-20(17)25-21)14-19(15)24-16(2)22-7-10-23(24,11-8-22)12-9-22/h5-12,15-16,18H,13-14H2,1-4H3;4-11,14-15,17H,12-13H2,1-3H3;3-10,13-14,16-17,22H,11-12H2,1-2H3;3-6,13-14,16H,7-12H2,1-2H3. The molecule has 15 aliphatic rings. The number of nitrogens with zero attached hydrogens (tertiary/aromatic N) is 5. The molecule has 15 aromatic rings. The quantitative estimate of drug-likeness (QED) is 0.171. The predicted octanol–water partition coefficient (Wildman–Crippen LogP) is 26.2. The van der Waals surface area contributed by atoms with Crippen LogP contribution in [0.15, 0.2) is 236 Å². The Kier molecular flexibility index (Phi) is 14.7. The zero-order chi connectivity index (χ0) is 73.9. The summed E-state index contributed by atoms with van der Waals surface area (Å²) in [5.74, 6) is 0.627. The van der Waals surface area contributed by atoms with Crippen LogP contribution in [0.5, 0.6) is 0 Å². The summed E-state index contributed by atoms with van der Waals surface area (Å²) < 4.78 is 24.5. The summed E-state index contributed by atoms with van der Waals surface area (Å²) in [6.45, 7) is 27.0. The van der Waals surface area contributed by atoms with Crippen LogP contribution in [0.25, 0.3) is 87.8 Å². The molecular formula is C100H99N5O4. The molecule has 9 nitrogen and oxygen atoms in total. The highest BCUT2D eigenvalue weighted by Gasteiger charge is 2.62. The van der Waals surface area contributed by atoms with Gasteiger partial charge in [0.05, 0.1) is 23.3 Å². The van der Waals surface area contributed by atoms with Gasteiger partial charge < -0.3 is 42.2 Å². The summed E-state index contributed by atoms with van der Waals surface area (Å²) in [6, 6.07) is 81.2. The van der Waals surface area contributed by atoms with Crippen molar-refractivity contribution in [1.82, 2.24) is 0 Å². The van der Waals surface area contributed by atoms with Crippen molar-refractivity contribution >= 4 is 116 Å². The highest BCUT2D eigenvalue weighted by atomic mass is 16.3. The number of benzene rings is 11. The summed E-state index contributed by atoms with van der Waals surface area (Å²) in [5.41, 5.74) is 28.8. The Labute approximate surface area is 640 Å². The highest BCUT2D eigenvalue weighted by Crippen LogP contribution is 2.66. The Hall–Kier alpha value is -10.4. The lowest BCUT2D eigenvalue weighted by Crippen LogP contribution is -2.71. The fourth-order valence-electron chi connectivity index (χ4n) is 23.8. The van der Waals surface area contributed by atoms with Gasteiger partial charge in [-0.2, -0.15) is 0 Å². The van der Waals surface area contributed by atoms with Crippen LogP contribution in [0.2, 0.25) is 0 Å². The maximum Gasteiger partial charge on any atom is 0.135 e. The fraction of sp³-hybridized carbons (Fsp3) is 0.340. The Balaban J connectivity index is 0.0000000926. The molecule has 14 heterocycles. The largest absolute Gasteiger partial charge is 0.456 e. The van der Waals surface area contributed by atoms with E-state index in [0.29, 0.717) is 47.2 Å². The van der Waals surface area contributed by atoms with Crippen LogP contribution in [-0.4, -0.2) is 36.4 Å². The second kappa shape index (κ2) is 24.1. The van der Waals surface area contributed by atoms with Crippen LogP contribution in [0.3, 0.4) is 0 Å². The molecule has 0 amide bonds. The predicted molar refractivity (Wildman–Crippen MR) is 452 cm³/mol. The number of fused-ring (bicyclic) bond motifs is 18. The van der Waals surface area contributed by atoms with E-state index in [1.165, 1.54) is 175 Å². The van der Waals surface area contributed by atoms with Crippen molar-refractivity contribution in [2.45, 2.75) is 205 Å². The summed E-state index contributed by atoms with van der Waals surface area (Å²) in [5, 5.41) is 9.78. The topological polar surface area (TPSA) is 68.8 Å². The van der Waals surface area contributed by atoms with Gasteiger partial charge in [-0.05, 0) is 269 Å². The molecule has 3 saturated carbocycles. The monoisotopic (exact) mass is 1430 g/mol. The molecule has 10 aliphatic heterocycles. The number of furan rings is 4. The second-order valence-corrected chi connectivity index (χ2v) is 35.1. The van der Waals surface area contributed by atoms with E-state index in [9.17, 15) is 0 Å². The minimum Gasteiger partial charge on any atom is -0.456 e. The maximum absolute atomic E-state index is 6.15. The average molecular weight is 1430 g/mol. The van der Waals surface area contributed by atoms with Crippen molar-refractivity contribution in [3.8, 4) is 0 Å². The maximum atomic E-state index is 6.15. The summed E-state index contributed by atoms with van der Waals surface area (Å²) in [7, 11) is 0. The molecule has 8 bridgehead atoms. The molecule has 0 N–H and O–H groups in total. The van der Waals surface area contributed by atoms with Gasteiger partial charge in [0.15, 0.2) is 0 Å². The molecule has 0 radical (unpaired) electrons. The number of anilines is 5. The first-order chi connectivity index (χ1) is 52.8. The summed E-state index contributed by atoms with van der Waals surface area (Å²) in [4.78, 5) is 13.4. The van der Waals surface area contributed by atoms with Gasteiger partial charge in [0.1, 0.15) is 44.7 Å². The van der Waals surface area contributed by atoms with E-state index in [1.54, 1.807) is 11.1 Å². The third-order valence-corrected chi connectivity index (χ3v) is 29.8. The Morgan fingerprint density at radius 2 is 0.743 bits per heavy atom. The van der Waals surface area contributed by atoms with E-state index in [2.05, 4.69) is 301 Å².